The summed E-state index contributed by atoms with van der Waals surface area (Å²) in [4.78, 5) is 14.1. The van der Waals surface area contributed by atoms with Crippen LogP contribution in [0.3, 0.4) is 0 Å². The van der Waals surface area contributed by atoms with Crippen molar-refractivity contribution in [1.82, 2.24) is 29.9 Å². The summed E-state index contributed by atoms with van der Waals surface area (Å²) in [5.41, 5.74) is 0.805. The molecule has 0 spiro atoms. The van der Waals surface area contributed by atoms with Crippen LogP contribution in [0, 0.1) is 0 Å². The molecule has 0 amide bonds. The molecule has 4 heterocycles. The molecule has 0 aliphatic heterocycles. The van der Waals surface area contributed by atoms with Crippen LogP contribution in [0.15, 0.2) is 39.6 Å². The molecule has 0 bridgehead atoms. The predicted octanol–water partition coefficient (Wildman–Crippen LogP) is 3.33. The van der Waals surface area contributed by atoms with Gasteiger partial charge in [0.05, 0.1) is 21.7 Å². The highest BCUT2D eigenvalue weighted by Crippen LogP contribution is 2.36. The maximum absolute atomic E-state index is 5.40. The number of hydrogen-bond donors (Lipinski definition) is 0. The van der Waals surface area contributed by atoms with Crippen LogP contribution in [-0.2, 0) is 7.05 Å². The van der Waals surface area contributed by atoms with Crippen molar-refractivity contribution < 1.29 is 4.52 Å². The Morgan fingerprint density at radius 2 is 2.26 bits per heavy atom. The molecule has 0 saturated heterocycles. The highest BCUT2D eigenvalue weighted by molar-refractivity contribution is 7.99. The van der Waals surface area contributed by atoms with Gasteiger partial charge in [0.2, 0.25) is 11.7 Å². The Hall–Kier alpha value is -2.26. The lowest BCUT2D eigenvalue weighted by atomic mass is 10.4. The standard InChI is InChI=1S/C14H12N6OS2/c1-8(13-18-11(19-21-13)10-4-3-5-22-10)23-14-9-6-17-20(2)12(9)15-7-16-14/h3-8H,1-2H3/t8-/m0/s1. The van der Waals surface area contributed by atoms with Gasteiger partial charge in [-0.15, -0.1) is 11.3 Å². The molecule has 0 aliphatic rings. The number of rotatable bonds is 4. The second kappa shape index (κ2) is 5.74. The van der Waals surface area contributed by atoms with Crippen LogP contribution in [0.1, 0.15) is 18.1 Å². The maximum Gasteiger partial charge on any atom is 0.240 e. The Morgan fingerprint density at radius 3 is 3.09 bits per heavy atom. The third kappa shape index (κ3) is 2.62. The normalized spacial score (nSPS) is 12.8. The van der Waals surface area contributed by atoms with E-state index in [1.54, 1.807) is 40.3 Å². The van der Waals surface area contributed by atoms with E-state index in [9.17, 15) is 0 Å². The van der Waals surface area contributed by atoms with E-state index in [2.05, 4.69) is 25.2 Å². The van der Waals surface area contributed by atoms with Gasteiger partial charge in [0, 0.05) is 7.05 Å². The molecule has 0 saturated carbocycles. The quantitative estimate of drug-likeness (QED) is 0.415. The van der Waals surface area contributed by atoms with Crippen molar-refractivity contribution in [3.63, 3.8) is 0 Å². The lowest BCUT2D eigenvalue weighted by Gasteiger charge is -2.05. The van der Waals surface area contributed by atoms with Crippen molar-refractivity contribution in [2.45, 2.75) is 17.2 Å². The first-order valence-corrected chi connectivity index (χ1v) is 8.65. The molecule has 0 aromatic carbocycles. The SMILES string of the molecule is C[C@H](Sc1ncnc2c1cnn2C)c1nc(-c2cccs2)no1. The zero-order valence-electron chi connectivity index (χ0n) is 12.4. The molecular formula is C14H12N6OS2. The summed E-state index contributed by atoms with van der Waals surface area (Å²) in [5.74, 6) is 1.20. The van der Waals surface area contributed by atoms with Gasteiger partial charge in [0.1, 0.15) is 11.4 Å². The van der Waals surface area contributed by atoms with Crippen LogP contribution in [0.4, 0.5) is 0 Å². The van der Waals surface area contributed by atoms with Crippen LogP contribution in [-0.4, -0.2) is 29.9 Å². The van der Waals surface area contributed by atoms with Gasteiger partial charge in [0.25, 0.3) is 0 Å². The Balaban J connectivity index is 1.61. The molecule has 0 radical (unpaired) electrons. The van der Waals surface area contributed by atoms with Crippen molar-refractivity contribution in [2.24, 2.45) is 7.05 Å². The third-order valence-corrected chi connectivity index (χ3v) is 5.28. The lowest BCUT2D eigenvalue weighted by molar-refractivity contribution is 0.381. The largest absolute Gasteiger partial charge is 0.338 e. The van der Waals surface area contributed by atoms with Gasteiger partial charge in [-0.25, -0.2) is 9.97 Å². The molecule has 116 valence electrons. The number of thioether (sulfide) groups is 1. The average molecular weight is 344 g/mol. The summed E-state index contributed by atoms with van der Waals surface area (Å²) < 4.78 is 7.13. The van der Waals surface area contributed by atoms with Crippen LogP contribution < -0.4 is 0 Å². The second-order valence-corrected chi connectivity index (χ2v) is 7.16. The molecule has 0 unspecified atom stereocenters. The van der Waals surface area contributed by atoms with Gasteiger partial charge in [-0.3, -0.25) is 4.68 Å². The summed E-state index contributed by atoms with van der Waals surface area (Å²) in [6.45, 7) is 2.01. The van der Waals surface area contributed by atoms with Crippen molar-refractivity contribution >= 4 is 34.1 Å². The van der Waals surface area contributed by atoms with E-state index in [0.717, 1.165) is 20.9 Å². The minimum Gasteiger partial charge on any atom is -0.338 e. The van der Waals surface area contributed by atoms with E-state index in [1.165, 1.54) is 0 Å². The number of fused-ring (bicyclic) bond motifs is 1. The molecule has 0 aliphatic carbocycles. The first kappa shape index (κ1) is 14.3. The third-order valence-electron chi connectivity index (χ3n) is 3.31. The predicted molar refractivity (Wildman–Crippen MR) is 88.2 cm³/mol. The summed E-state index contributed by atoms with van der Waals surface area (Å²) in [7, 11) is 1.86. The highest BCUT2D eigenvalue weighted by Gasteiger charge is 2.19. The Bertz CT molecular complexity index is 945. The van der Waals surface area contributed by atoms with Gasteiger partial charge >= 0.3 is 0 Å². The van der Waals surface area contributed by atoms with Crippen molar-refractivity contribution in [1.29, 1.82) is 0 Å². The number of thiophene rings is 1. The second-order valence-electron chi connectivity index (χ2n) is 4.88. The van der Waals surface area contributed by atoms with E-state index in [4.69, 9.17) is 4.52 Å². The first-order valence-electron chi connectivity index (χ1n) is 6.89. The highest BCUT2D eigenvalue weighted by atomic mass is 32.2. The molecule has 1 atom stereocenters. The fourth-order valence-electron chi connectivity index (χ4n) is 2.16. The molecule has 23 heavy (non-hydrogen) atoms. The summed E-state index contributed by atoms with van der Waals surface area (Å²) in [6.07, 6.45) is 3.32. The summed E-state index contributed by atoms with van der Waals surface area (Å²) in [6, 6.07) is 3.94. The molecule has 7 nitrogen and oxygen atoms in total. The van der Waals surface area contributed by atoms with Crippen LogP contribution in [0.5, 0.6) is 0 Å². The smallest absolute Gasteiger partial charge is 0.240 e. The minimum atomic E-state index is -0.0190. The van der Waals surface area contributed by atoms with Crippen molar-refractivity contribution in [3.8, 4) is 10.7 Å². The number of aromatic nitrogens is 6. The monoisotopic (exact) mass is 344 g/mol. The van der Waals surface area contributed by atoms with E-state index in [-0.39, 0.29) is 5.25 Å². The molecule has 9 heteroatoms. The van der Waals surface area contributed by atoms with Crippen molar-refractivity contribution in [3.05, 3.63) is 35.9 Å². The molecule has 4 aromatic heterocycles. The van der Waals surface area contributed by atoms with Gasteiger partial charge in [0.15, 0.2) is 5.65 Å². The molecule has 4 rings (SSSR count). The van der Waals surface area contributed by atoms with Gasteiger partial charge in [-0.05, 0) is 18.4 Å². The Kier molecular flexibility index (Phi) is 3.58. The van der Waals surface area contributed by atoms with Gasteiger partial charge in [-0.1, -0.05) is 23.0 Å². The molecule has 0 fully saturated rings. The average Bonchev–Trinajstić information content (AvgIpc) is 3.28. The fourth-order valence-corrected chi connectivity index (χ4v) is 3.72. The van der Waals surface area contributed by atoms with Crippen LogP contribution in [0.25, 0.3) is 21.7 Å². The summed E-state index contributed by atoms with van der Waals surface area (Å²) >= 11 is 3.14. The van der Waals surface area contributed by atoms with E-state index in [0.29, 0.717) is 11.7 Å². The van der Waals surface area contributed by atoms with Gasteiger partial charge < -0.3 is 4.52 Å². The zero-order chi connectivity index (χ0) is 15.8. The fraction of sp³-hybridized carbons (Fsp3) is 0.214. The Labute approximate surface area is 139 Å². The minimum absolute atomic E-state index is 0.0190. The molecule has 0 N–H and O–H groups in total. The van der Waals surface area contributed by atoms with E-state index >= 15 is 0 Å². The maximum atomic E-state index is 5.40. The number of nitrogens with zero attached hydrogens (tertiary/aromatic N) is 6. The summed E-state index contributed by atoms with van der Waals surface area (Å²) in [5, 5.41) is 12.0. The zero-order valence-corrected chi connectivity index (χ0v) is 14.0. The van der Waals surface area contributed by atoms with Crippen molar-refractivity contribution in [2.75, 3.05) is 0 Å². The van der Waals surface area contributed by atoms with Gasteiger partial charge in [-0.2, -0.15) is 10.1 Å². The van der Waals surface area contributed by atoms with E-state index in [1.807, 2.05) is 31.5 Å². The molecular weight excluding hydrogens is 332 g/mol. The number of aryl methyl sites for hydroxylation is 1. The number of hydrogen-bond acceptors (Lipinski definition) is 8. The molecule has 4 aromatic rings. The lowest BCUT2D eigenvalue weighted by Crippen LogP contribution is -1.94. The first-order chi connectivity index (χ1) is 11.2. The van der Waals surface area contributed by atoms with E-state index < -0.39 is 0 Å². The topological polar surface area (TPSA) is 82.5 Å². The van der Waals surface area contributed by atoms with Crippen LogP contribution >= 0.6 is 23.1 Å². The van der Waals surface area contributed by atoms with Crippen LogP contribution in [0.2, 0.25) is 0 Å². The Morgan fingerprint density at radius 1 is 1.35 bits per heavy atom.